The third-order valence-corrected chi connectivity index (χ3v) is 6.12. The maximum Gasteiger partial charge on any atom is 0.120 e. The van der Waals surface area contributed by atoms with Crippen LogP contribution in [0, 0.1) is 0 Å². The molecule has 0 aliphatic rings. The normalized spacial score (nSPS) is 12.8. The third-order valence-electron chi connectivity index (χ3n) is 1.21. The van der Waals surface area contributed by atoms with Gasteiger partial charge in [0.25, 0.3) is 0 Å². The Morgan fingerprint density at radius 1 is 1.69 bits per heavy atom. The standard InChI is InChI=1S/C7H7Br2IN2S/c8-2-6(10)13-7-5(11)1-4(9)3-12-7/h1,3,6H,2,11H2. The van der Waals surface area contributed by atoms with Crippen LogP contribution in [0.3, 0.4) is 0 Å². The molecule has 13 heavy (non-hydrogen) atoms. The molecule has 72 valence electrons. The zero-order valence-electron chi connectivity index (χ0n) is 6.51. The second kappa shape index (κ2) is 5.77. The van der Waals surface area contributed by atoms with E-state index in [0.717, 1.165) is 20.5 Å². The van der Waals surface area contributed by atoms with Crippen molar-refractivity contribution in [1.29, 1.82) is 0 Å². The Labute approximate surface area is 112 Å². The second-order valence-electron chi connectivity index (χ2n) is 2.23. The van der Waals surface area contributed by atoms with Crippen molar-refractivity contribution >= 4 is 71.9 Å². The van der Waals surface area contributed by atoms with E-state index < -0.39 is 0 Å². The minimum absolute atomic E-state index is 0.452. The van der Waals surface area contributed by atoms with E-state index in [1.807, 2.05) is 6.07 Å². The summed E-state index contributed by atoms with van der Waals surface area (Å²) in [7, 11) is 0. The number of nitrogens with two attached hydrogens (primary N) is 1. The van der Waals surface area contributed by atoms with Crippen LogP contribution in [0.25, 0.3) is 0 Å². The fourth-order valence-corrected chi connectivity index (χ4v) is 2.78. The number of rotatable bonds is 3. The highest BCUT2D eigenvalue weighted by molar-refractivity contribution is 14.1. The van der Waals surface area contributed by atoms with Crippen LogP contribution in [0.2, 0.25) is 0 Å². The van der Waals surface area contributed by atoms with E-state index in [1.54, 1.807) is 18.0 Å². The number of aromatic nitrogens is 1. The lowest BCUT2D eigenvalue weighted by molar-refractivity contribution is 1.13. The molecule has 0 fully saturated rings. The Morgan fingerprint density at radius 2 is 2.38 bits per heavy atom. The summed E-state index contributed by atoms with van der Waals surface area (Å²) in [5.74, 6) is 0. The summed E-state index contributed by atoms with van der Waals surface area (Å²) in [4.78, 5) is 4.23. The van der Waals surface area contributed by atoms with Crippen molar-refractivity contribution in [3.8, 4) is 0 Å². The lowest BCUT2D eigenvalue weighted by atomic mass is 10.4. The summed E-state index contributed by atoms with van der Waals surface area (Å²) in [6.45, 7) is 0. The molecule has 0 spiro atoms. The molecule has 1 unspecified atom stereocenters. The molecule has 2 nitrogen and oxygen atoms in total. The Hall–Kier alpha value is 0.990. The SMILES string of the molecule is Nc1cc(Br)cnc1SC(I)CBr. The van der Waals surface area contributed by atoms with Crippen molar-refractivity contribution in [1.82, 2.24) is 4.98 Å². The Morgan fingerprint density at radius 3 is 2.92 bits per heavy atom. The van der Waals surface area contributed by atoms with Gasteiger partial charge in [0.15, 0.2) is 0 Å². The van der Waals surface area contributed by atoms with Crippen LogP contribution in [-0.4, -0.2) is 13.6 Å². The van der Waals surface area contributed by atoms with E-state index in [9.17, 15) is 0 Å². The predicted molar refractivity (Wildman–Crippen MR) is 73.8 cm³/mol. The summed E-state index contributed by atoms with van der Waals surface area (Å²) < 4.78 is 1.37. The van der Waals surface area contributed by atoms with Crippen LogP contribution in [0.1, 0.15) is 0 Å². The molecule has 0 saturated heterocycles. The highest BCUT2D eigenvalue weighted by atomic mass is 127. The number of hydrogen-bond donors (Lipinski definition) is 1. The lowest BCUT2D eigenvalue weighted by Gasteiger charge is -2.07. The number of anilines is 1. The molecular weight excluding hydrogens is 431 g/mol. The van der Waals surface area contributed by atoms with Gasteiger partial charge in [-0.15, -0.1) is 0 Å². The van der Waals surface area contributed by atoms with Gasteiger partial charge in [-0.2, -0.15) is 0 Å². The molecular formula is C7H7Br2IN2S. The average Bonchev–Trinajstić information content (AvgIpc) is 2.09. The molecule has 0 radical (unpaired) electrons. The monoisotopic (exact) mass is 436 g/mol. The predicted octanol–water partition coefficient (Wildman–Crippen LogP) is 3.67. The van der Waals surface area contributed by atoms with Crippen LogP contribution >= 0.6 is 66.2 Å². The van der Waals surface area contributed by atoms with Crippen molar-refractivity contribution in [3.05, 3.63) is 16.7 Å². The summed E-state index contributed by atoms with van der Waals surface area (Å²) in [5.41, 5.74) is 6.52. The van der Waals surface area contributed by atoms with E-state index in [0.29, 0.717) is 3.26 Å². The number of halogens is 3. The van der Waals surface area contributed by atoms with Gasteiger partial charge in [0.1, 0.15) is 5.03 Å². The number of alkyl halides is 2. The van der Waals surface area contributed by atoms with Gasteiger partial charge in [-0.05, 0) is 22.0 Å². The topological polar surface area (TPSA) is 38.9 Å². The molecule has 1 atom stereocenters. The largest absolute Gasteiger partial charge is 0.397 e. The molecule has 1 aromatic heterocycles. The highest BCUT2D eigenvalue weighted by Crippen LogP contribution is 2.32. The van der Waals surface area contributed by atoms with Crippen LogP contribution < -0.4 is 5.73 Å². The molecule has 0 saturated carbocycles. The number of nitrogen functional groups attached to an aromatic ring is 1. The number of nitrogens with zero attached hydrogens (tertiary/aromatic N) is 1. The second-order valence-corrected chi connectivity index (χ2v) is 7.33. The molecule has 0 aromatic carbocycles. The van der Waals surface area contributed by atoms with Gasteiger partial charge in [0.05, 0.1) is 8.94 Å². The summed E-state index contributed by atoms with van der Waals surface area (Å²) in [6.07, 6.45) is 1.76. The number of pyridine rings is 1. The van der Waals surface area contributed by atoms with Crippen LogP contribution in [0.5, 0.6) is 0 Å². The van der Waals surface area contributed by atoms with Crippen molar-refractivity contribution in [2.24, 2.45) is 0 Å². The molecule has 2 N–H and O–H groups in total. The van der Waals surface area contributed by atoms with Gasteiger partial charge in [0, 0.05) is 16.0 Å². The number of hydrogen-bond acceptors (Lipinski definition) is 3. The molecule has 1 aromatic rings. The number of thioether (sulfide) groups is 1. The van der Waals surface area contributed by atoms with E-state index in [1.165, 1.54) is 0 Å². The molecule has 0 amide bonds. The first-order valence-corrected chi connectivity index (χ1v) is 7.45. The van der Waals surface area contributed by atoms with E-state index in [2.05, 4.69) is 59.4 Å². The van der Waals surface area contributed by atoms with E-state index in [4.69, 9.17) is 5.73 Å². The summed E-state index contributed by atoms with van der Waals surface area (Å²) >= 11 is 10.7. The first-order valence-electron chi connectivity index (χ1n) is 3.41. The zero-order valence-corrected chi connectivity index (χ0v) is 12.7. The van der Waals surface area contributed by atoms with E-state index in [-0.39, 0.29) is 0 Å². The van der Waals surface area contributed by atoms with Crippen LogP contribution in [0.15, 0.2) is 21.8 Å². The molecule has 0 bridgehead atoms. The van der Waals surface area contributed by atoms with Crippen molar-refractivity contribution in [2.75, 3.05) is 11.1 Å². The fourth-order valence-electron chi connectivity index (χ4n) is 0.693. The third kappa shape index (κ3) is 3.93. The van der Waals surface area contributed by atoms with Gasteiger partial charge in [0.2, 0.25) is 0 Å². The van der Waals surface area contributed by atoms with Gasteiger partial charge < -0.3 is 5.73 Å². The Kier molecular flexibility index (Phi) is 5.35. The van der Waals surface area contributed by atoms with Crippen LogP contribution in [0.4, 0.5) is 5.69 Å². The van der Waals surface area contributed by atoms with Crippen molar-refractivity contribution in [2.45, 2.75) is 8.28 Å². The molecule has 1 heterocycles. The Bertz CT molecular complexity index is 298. The maximum atomic E-state index is 5.79. The summed E-state index contributed by atoms with van der Waals surface area (Å²) in [5, 5.41) is 1.82. The van der Waals surface area contributed by atoms with Crippen LogP contribution in [-0.2, 0) is 0 Å². The van der Waals surface area contributed by atoms with Gasteiger partial charge in [-0.25, -0.2) is 4.98 Å². The van der Waals surface area contributed by atoms with Gasteiger partial charge in [-0.1, -0.05) is 50.3 Å². The smallest absolute Gasteiger partial charge is 0.120 e. The Balaban J connectivity index is 2.77. The first kappa shape index (κ1) is 12.1. The minimum atomic E-state index is 0.452. The highest BCUT2D eigenvalue weighted by Gasteiger charge is 2.08. The fraction of sp³-hybridized carbons (Fsp3) is 0.286. The maximum absolute atomic E-state index is 5.79. The van der Waals surface area contributed by atoms with Crippen molar-refractivity contribution in [3.63, 3.8) is 0 Å². The quantitative estimate of drug-likeness (QED) is 0.445. The van der Waals surface area contributed by atoms with Crippen molar-refractivity contribution < 1.29 is 0 Å². The van der Waals surface area contributed by atoms with Gasteiger partial charge >= 0.3 is 0 Å². The first-order chi connectivity index (χ1) is 6.13. The summed E-state index contributed by atoms with van der Waals surface area (Å²) in [6, 6.07) is 1.87. The molecule has 0 aliphatic carbocycles. The molecule has 6 heteroatoms. The van der Waals surface area contributed by atoms with E-state index >= 15 is 0 Å². The minimum Gasteiger partial charge on any atom is -0.397 e. The average molecular weight is 438 g/mol. The zero-order chi connectivity index (χ0) is 9.84. The lowest BCUT2D eigenvalue weighted by Crippen LogP contribution is -1.97. The van der Waals surface area contributed by atoms with Gasteiger partial charge in [-0.3, -0.25) is 0 Å². The molecule has 0 aliphatic heterocycles. The molecule has 1 rings (SSSR count).